The summed E-state index contributed by atoms with van der Waals surface area (Å²) in [6.45, 7) is 6.25. The van der Waals surface area contributed by atoms with Crippen LogP contribution in [0.4, 0.5) is 5.69 Å². The van der Waals surface area contributed by atoms with Crippen LogP contribution in [0.3, 0.4) is 0 Å². The maximum atomic E-state index is 12.6. The third-order valence-corrected chi connectivity index (χ3v) is 5.47. The topological polar surface area (TPSA) is 73.2 Å². The Bertz CT molecular complexity index is 1050. The van der Waals surface area contributed by atoms with Crippen molar-refractivity contribution in [2.75, 3.05) is 45.9 Å². The fourth-order valence-electron chi connectivity index (χ4n) is 3.71. The van der Waals surface area contributed by atoms with Crippen LogP contribution in [0, 0.1) is 6.92 Å². The first-order valence-corrected chi connectivity index (χ1v) is 11.0. The van der Waals surface area contributed by atoms with Crippen molar-refractivity contribution in [3.63, 3.8) is 0 Å². The SMILES string of the molecule is CCN(CCNC(=O)c1ccc(Cc2c(OC)cc(OC)cc2OC)o1)c1cccc(C)c1. The van der Waals surface area contributed by atoms with E-state index >= 15 is 0 Å². The van der Waals surface area contributed by atoms with Gasteiger partial charge in [-0.15, -0.1) is 0 Å². The highest BCUT2D eigenvalue weighted by molar-refractivity contribution is 5.91. The van der Waals surface area contributed by atoms with E-state index in [2.05, 4.69) is 42.3 Å². The highest BCUT2D eigenvalue weighted by atomic mass is 16.5. The number of benzene rings is 2. The lowest BCUT2D eigenvalue weighted by Crippen LogP contribution is -2.34. The zero-order valence-electron chi connectivity index (χ0n) is 19.9. The molecule has 0 atom stereocenters. The molecule has 0 aliphatic heterocycles. The molecule has 0 saturated carbocycles. The Morgan fingerprint density at radius 2 is 1.73 bits per heavy atom. The van der Waals surface area contributed by atoms with E-state index in [1.165, 1.54) is 5.56 Å². The highest BCUT2D eigenvalue weighted by Crippen LogP contribution is 2.35. The van der Waals surface area contributed by atoms with E-state index in [-0.39, 0.29) is 11.7 Å². The van der Waals surface area contributed by atoms with E-state index in [0.717, 1.165) is 17.8 Å². The Labute approximate surface area is 195 Å². The molecule has 0 aliphatic rings. The molecular formula is C26H32N2O5. The number of carbonyl (C=O) groups excluding carboxylic acids is 1. The van der Waals surface area contributed by atoms with Crippen molar-refractivity contribution in [3.8, 4) is 17.2 Å². The highest BCUT2D eigenvalue weighted by Gasteiger charge is 2.17. The van der Waals surface area contributed by atoms with Crippen molar-refractivity contribution in [1.82, 2.24) is 5.32 Å². The minimum atomic E-state index is -0.241. The molecule has 176 valence electrons. The summed E-state index contributed by atoms with van der Waals surface area (Å²) in [5, 5.41) is 2.95. The molecule has 0 bridgehead atoms. The number of carbonyl (C=O) groups is 1. The molecule has 0 unspecified atom stereocenters. The number of nitrogens with zero attached hydrogens (tertiary/aromatic N) is 1. The first-order chi connectivity index (χ1) is 16.0. The van der Waals surface area contributed by atoms with Crippen LogP contribution in [0.15, 0.2) is 52.9 Å². The van der Waals surface area contributed by atoms with Gasteiger partial charge in [0, 0.05) is 49.4 Å². The molecule has 1 heterocycles. The van der Waals surface area contributed by atoms with Gasteiger partial charge >= 0.3 is 0 Å². The van der Waals surface area contributed by atoms with Gasteiger partial charge < -0.3 is 28.8 Å². The molecule has 0 fully saturated rings. The van der Waals surface area contributed by atoms with E-state index in [1.807, 2.05) is 6.07 Å². The fraction of sp³-hybridized carbons (Fsp3) is 0.346. The number of ether oxygens (including phenoxy) is 3. The van der Waals surface area contributed by atoms with Crippen molar-refractivity contribution < 1.29 is 23.4 Å². The van der Waals surface area contributed by atoms with Gasteiger partial charge in [0.05, 0.1) is 21.3 Å². The number of aryl methyl sites for hydroxylation is 1. The zero-order valence-corrected chi connectivity index (χ0v) is 19.9. The first kappa shape index (κ1) is 24.0. The monoisotopic (exact) mass is 452 g/mol. The van der Waals surface area contributed by atoms with E-state index in [0.29, 0.717) is 42.5 Å². The molecule has 7 heteroatoms. The van der Waals surface area contributed by atoms with E-state index < -0.39 is 0 Å². The van der Waals surface area contributed by atoms with Crippen molar-refractivity contribution >= 4 is 11.6 Å². The summed E-state index contributed by atoms with van der Waals surface area (Å²) in [5.41, 5.74) is 3.18. The Hall–Kier alpha value is -3.61. The molecule has 0 saturated heterocycles. The summed E-state index contributed by atoms with van der Waals surface area (Å²) in [6.07, 6.45) is 0.417. The molecule has 7 nitrogen and oxygen atoms in total. The van der Waals surface area contributed by atoms with Gasteiger partial charge in [-0.05, 0) is 43.7 Å². The smallest absolute Gasteiger partial charge is 0.287 e. The molecule has 3 aromatic rings. The fourth-order valence-corrected chi connectivity index (χ4v) is 3.71. The first-order valence-electron chi connectivity index (χ1n) is 11.0. The van der Waals surface area contributed by atoms with E-state index in [4.69, 9.17) is 18.6 Å². The minimum absolute atomic E-state index is 0.241. The number of likely N-dealkylation sites (N-methyl/N-ethyl adjacent to an activating group) is 1. The lowest BCUT2D eigenvalue weighted by molar-refractivity contribution is 0.0925. The molecule has 2 aromatic carbocycles. The van der Waals surface area contributed by atoms with Crippen LogP contribution >= 0.6 is 0 Å². The Balaban J connectivity index is 1.63. The molecular weight excluding hydrogens is 420 g/mol. The van der Waals surface area contributed by atoms with Gasteiger partial charge in [0.25, 0.3) is 5.91 Å². The Morgan fingerprint density at radius 1 is 1.00 bits per heavy atom. The minimum Gasteiger partial charge on any atom is -0.496 e. The van der Waals surface area contributed by atoms with Gasteiger partial charge in [-0.3, -0.25) is 4.79 Å². The largest absolute Gasteiger partial charge is 0.496 e. The van der Waals surface area contributed by atoms with Gasteiger partial charge in [0.15, 0.2) is 5.76 Å². The molecule has 1 amide bonds. The van der Waals surface area contributed by atoms with Crippen molar-refractivity contribution in [3.05, 3.63) is 71.2 Å². The average molecular weight is 453 g/mol. The van der Waals surface area contributed by atoms with Crippen LogP contribution in [-0.2, 0) is 6.42 Å². The van der Waals surface area contributed by atoms with Gasteiger partial charge in [-0.2, -0.15) is 0 Å². The lowest BCUT2D eigenvalue weighted by Gasteiger charge is -2.23. The number of hydrogen-bond acceptors (Lipinski definition) is 6. The molecule has 1 N–H and O–H groups in total. The van der Waals surface area contributed by atoms with Crippen molar-refractivity contribution in [1.29, 1.82) is 0 Å². The molecule has 1 aromatic heterocycles. The van der Waals surface area contributed by atoms with Crippen molar-refractivity contribution in [2.45, 2.75) is 20.3 Å². The zero-order chi connectivity index (χ0) is 23.8. The average Bonchev–Trinajstić information content (AvgIpc) is 3.30. The number of methoxy groups -OCH3 is 3. The van der Waals surface area contributed by atoms with E-state index in [9.17, 15) is 4.79 Å². The number of nitrogens with one attached hydrogen (secondary N) is 1. The summed E-state index contributed by atoms with van der Waals surface area (Å²) in [5.74, 6) is 2.56. The van der Waals surface area contributed by atoms with Gasteiger partial charge in [0.1, 0.15) is 23.0 Å². The lowest BCUT2D eigenvalue weighted by atomic mass is 10.1. The predicted molar refractivity (Wildman–Crippen MR) is 129 cm³/mol. The van der Waals surface area contributed by atoms with Gasteiger partial charge in [-0.1, -0.05) is 12.1 Å². The van der Waals surface area contributed by atoms with Crippen LogP contribution in [0.5, 0.6) is 17.2 Å². The van der Waals surface area contributed by atoms with Crippen LogP contribution < -0.4 is 24.4 Å². The number of hydrogen-bond donors (Lipinski definition) is 1. The summed E-state index contributed by atoms with van der Waals surface area (Å²) in [6, 6.07) is 15.4. The summed E-state index contributed by atoms with van der Waals surface area (Å²) in [7, 11) is 4.77. The predicted octanol–water partition coefficient (Wildman–Crippen LogP) is 4.46. The Morgan fingerprint density at radius 3 is 2.33 bits per heavy atom. The second-order valence-corrected chi connectivity index (χ2v) is 7.63. The maximum Gasteiger partial charge on any atom is 0.287 e. The van der Waals surface area contributed by atoms with Crippen LogP contribution in [-0.4, -0.2) is 46.9 Å². The third kappa shape index (κ3) is 6.00. The molecule has 0 radical (unpaired) electrons. The molecule has 3 rings (SSSR count). The summed E-state index contributed by atoms with van der Waals surface area (Å²) >= 11 is 0. The summed E-state index contributed by atoms with van der Waals surface area (Å²) < 4.78 is 22.1. The normalized spacial score (nSPS) is 10.6. The van der Waals surface area contributed by atoms with E-state index in [1.54, 1.807) is 45.6 Å². The standard InChI is InChI=1S/C26H32N2O5/c1-6-28(19-9-7-8-18(2)14-19)13-12-27-26(29)23-11-10-20(33-23)15-22-24(31-4)16-21(30-3)17-25(22)32-5/h7-11,14,16-17H,6,12-13,15H2,1-5H3,(H,27,29). The second-order valence-electron chi connectivity index (χ2n) is 7.63. The maximum absolute atomic E-state index is 12.6. The quantitative estimate of drug-likeness (QED) is 0.463. The third-order valence-electron chi connectivity index (χ3n) is 5.47. The van der Waals surface area contributed by atoms with Crippen LogP contribution in [0.2, 0.25) is 0 Å². The number of anilines is 1. The van der Waals surface area contributed by atoms with Crippen LogP contribution in [0.1, 0.15) is 34.4 Å². The Kier molecular flexibility index (Phi) is 8.24. The number of rotatable bonds is 11. The van der Waals surface area contributed by atoms with Gasteiger partial charge in [-0.25, -0.2) is 0 Å². The van der Waals surface area contributed by atoms with Gasteiger partial charge in [0.2, 0.25) is 0 Å². The van der Waals surface area contributed by atoms with Crippen molar-refractivity contribution in [2.24, 2.45) is 0 Å². The number of amides is 1. The molecule has 0 aliphatic carbocycles. The summed E-state index contributed by atoms with van der Waals surface area (Å²) in [4.78, 5) is 14.8. The molecule has 0 spiro atoms. The number of furan rings is 1. The molecule has 33 heavy (non-hydrogen) atoms. The second kappa shape index (κ2) is 11.3. The van der Waals surface area contributed by atoms with Crippen LogP contribution in [0.25, 0.3) is 0 Å².